The fourth-order valence-corrected chi connectivity index (χ4v) is 7.25. The van der Waals surface area contributed by atoms with Gasteiger partial charge in [0.1, 0.15) is 0 Å². The molecule has 0 saturated heterocycles. The first-order chi connectivity index (χ1) is 27.6. The monoisotopic (exact) mass is 717 g/mol. The van der Waals surface area contributed by atoms with Gasteiger partial charge in [0.15, 0.2) is 0 Å². The van der Waals surface area contributed by atoms with Crippen molar-refractivity contribution in [2.45, 2.75) is 6.92 Å². The molecule has 0 amide bonds. The van der Waals surface area contributed by atoms with Crippen molar-refractivity contribution in [2.75, 3.05) is 4.90 Å². The van der Waals surface area contributed by atoms with Gasteiger partial charge in [0.05, 0.1) is 0 Å². The van der Waals surface area contributed by atoms with E-state index in [0.717, 1.165) is 39.3 Å². The summed E-state index contributed by atoms with van der Waals surface area (Å²) >= 11 is 0. The van der Waals surface area contributed by atoms with Crippen molar-refractivity contribution in [2.24, 2.45) is 0 Å². The van der Waals surface area contributed by atoms with E-state index in [1.807, 2.05) is 12.2 Å². The lowest BCUT2D eigenvalue weighted by molar-refractivity contribution is 1.27. The van der Waals surface area contributed by atoms with Crippen molar-refractivity contribution in [1.29, 1.82) is 0 Å². The molecule has 0 unspecified atom stereocenters. The van der Waals surface area contributed by atoms with Crippen LogP contribution < -0.4 is 4.90 Å². The van der Waals surface area contributed by atoms with E-state index in [1.54, 1.807) is 0 Å². The van der Waals surface area contributed by atoms with Crippen LogP contribution in [0.3, 0.4) is 0 Å². The summed E-state index contributed by atoms with van der Waals surface area (Å²) in [7, 11) is 0. The second-order valence-corrected chi connectivity index (χ2v) is 14.0. The normalized spacial score (nSPS) is 11.3. The summed E-state index contributed by atoms with van der Waals surface area (Å²) in [5.41, 5.74) is 16.1. The van der Waals surface area contributed by atoms with Gasteiger partial charge < -0.3 is 4.90 Å². The van der Waals surface area contributed by atoms with Gasteiger partial charge in [-0.15, -0.1) is 0 Å². The maximum absolute atomic E-state index is 4.00. The Balaban J connectivity index is 1.00. The number of aryl methyl sites for hydroxylation is 1. The standard InChI is InChI=1S/C55H43N/c1-4-43-11-8-13-49(54(43)5-2)28-22-41-18-24-44(25-19-41)46-30-36-52(37-31-46)56(51-34-16-40(3)17-35-51)53-38-32-47(33-39-53)45-26-20-42(21-27-45)23-29-50-14-9-12-48-10-6-7-15-55(48)50/h4-39H,1-2H2,3H3/b28-22+,29-23+. The maximum atomic E-state index is 4.00. The molecular weight excluding hydrogens is 675 g/mol. The second kappa shape index (κ2) is 16.4. The van der Waals surface area contributed by atoms with E-state index >= 15 is 0 Å². The lowest BCUT2D eigenvalue weighted by atomic mass is 9.99. The Hall–Kier alpha value is -7.22. The van der Waals surface area contributed by atoms with Crippen molar-refractivity contribution < 1.29 is 0 Å². The van der Waals surface area contributed by atoms with E-state index in [2.05, 4.69) is 231 Å². The molecule has 0 bridgehead atoms. The number of anilines is 3. The molecular formula is C55H43N. The van der Waals surface area contributed by atoms with Crippen LogP contribution in [-0.4, -0.2) is 0 Å². The highest BCUT2D eigenvalue weighted by Crippen LogP contribution is 2.37. The third-order valence-corrected chi connectivity index (χ3v) is 10.4. The summed E-state index contributed by atoms with van der Waals surface area (Å²) in [6.07, 6.45) is 12.5. The van der Waals surface area contributed by atoms with Crippen LogP contribution >= 0.6 is 0 Å². The van der Waals surface area contributed by atoms with Gasteiger partial charge >= 0.3 is 0 Å². The van der Waals surface area contributed by atoms with E-state index in [-0.39, 0.29) is 0 Å². The third kappa shape index (κ3) is 7.85. The SMILES string of the molecule is C=Cc1cccc(/C=C/c2ccc(-c3ccc(N(c4ccc(C)cc4)c4ccc(-c5ccc(/C=C/c6cccc7ccccc67)cc5)cc4)cc3)cc2)c1C=C. The van der Waals surface area contributed by atoms with Gasteiger partial charge in [-0.1, -0.05) is 201 Å². The van der Waals surface area contributed by atoms with Crippen molar-refractivity contribution >= 4 is 64.3 Å². The van der Waals surface area contributed by atoms with Crippen LogP contribution in [0.15, 0.2) is 195 Å². The van der Waals surface area contributed by atoms with Gasteiger partial charge in [0.2, 0.25) is 0 Å². The molecule has 0 atom stereocenters. The Labute approximate surface area is 331 Å². The zero-order chi connectivity index (χ0) is 38.3. The molecule has 1 heteroatoms. The van der Waals surface area contributed by atoms with Crippen molar-refractivity contribution in [1.82, 2.24) is 0 Å². The predicted octanol–water partition coefficient (Wildman–Crippen LogP) is 15.6. The van der Waals surface area contributed by atoms with Crippen LogP contribution in [-0.2, 0) is 0 Å². The Morgan fingerprint density at radius 3 is 1.34 bits per heavy atom. The number of benzene rings is 8. The topological polar surface area (TPSA) is 3.24 Å². The number of fused-ring (bicyclic) bond motifs is 1. The number of nitrogens with zero attached hydrogens (tertiary/aromatic N) is 1. The van der Waals surface area contributed by atoms with Crippen LogP contribution in [0.25, 0.3) is 69.5 Å². The molecule has 0 heterocycles. The van der Waals surface area contributed by atoms with Crippen molar-refractivity contribution in [3.63, 3.8) is 0 Å². The molecule has 268 valence electrons. The fraction of sp³-hybridized carbons (Fsp3) is 0.0182. The van der Waals surface area contributed by atoms with E-state index in [0.29, 0.717) is 0 Å². The minimum atomic E-state index is 1.09. The Morgan fingerprint density at radius 1 is 0.375 bits per heavy atom. The molecule has 0 fully saturated rings. The smallest absolute Gasteiger partial charge is 0.0462 e. The minimum absolute atomic E-state index is 1.09. The van der Waals surface area contributed by atoms with Gasteiger partial charge in [0, 0.05) is 17.1 Å². The maximum Gasteiger partial charge on any atom is 0.0462 e. The first-order valence-electron chi connectivity index (χ1n) is 19.1. The molecule has 1 nitrogen and oxygen atoms in total. The van der Waals surface area contributed by atoms with Gasteiger partial charge in [-0.05, 0) is 110 Å². The summed E-state index contributed by atoms with van der Waals surface area (Å²) in [5.74, 6) is 0. The van der Waals surface area contributed by atoms with Crippen LogP contribution in [0, 0.1) is 6.92 Å². The summed E-state index contributed by atoms with van der Waals surface area (Å²) in [5, 5.41) is 2.52. The minimum Gasteiger partial charge on any atom is -0.311 e. The van der Waals surface area contributed by atoms with E-state index in [4.69, 9.17) is 0 Å². The Kier molecular flexibility index (Phi) is 10.5. The van der Waals surface area contributed by atoms with E-state index in [1.165, 1.54) is 49.7 Å². The molecule has 56 heavy (non-hydrogen) atoms. The first kappa shape index (κ1) is 35.8. The molecule has 8 rings (SSSR count). The highest BCUT2D eigenvalue weighted by Gasteiger charge is 2.13. The number of rotatable bonds is 11. The van der Waals surface area contributed by atoms with E-state index in [9.17, 15) is 0 Å². The van der Waals surface area contributed by atoms with Crippen molar-refractivity contribution in [3.05, 3.63) is 234 Å². The van der Waals surface area contributed by atoms with Gasteiger partial charge in [-0.3, -0.25) is 0 Å². The van der Waals surface area contributed by atoms with Gasteiger partial charge in [0.25, 0.3) is 0 Å². The molecule has 0 saturated carbocycles. The van der Waals surface area contributed by atoms with Crippen LogP contribution in [0.5, 0.6) is 0 Å². The highest BCUT2D eigenvalue weighted by atomic mass is 15.1. The second-order valence-electron chi connectivity index (χ2n) is 14.0. The highest BCUT2D eigenvalue weighted by molar-refractivity contribution is 5.93. The Bertz CT molecular complexity index is 2670. The number of hydrogen-bond donors (Lipinski definition) is 0. The summed E-state index contributed by atoms with van der Waals surface area (Å²) in [4.78, 5) is 2.32. The van der Waals surface area contributed by atoms with E-state index < -0.39 is 0 Å². The zero-order valence-corrected chi connectivity index (χ0v) is 31.6. The largest absolute Gasteiger partial charge is 0.311 e. The first-order valence-corrected chi connectivity index (χ1v) is 19.1. The molecule has 0 aliphatic heterocycles. The van der Waals surface area contributed by atoms with Crippen LogP contribution in [0.1, 0.15) is 38.9 Å². The molecule has 0 N–H and O–H groups in total. The van der Waals surface area contributed by atoms with Crippen LogP contribution in [0.4, 0.5) is 17.1 Å². The summed E-state index contributed by atoms with van der Waals surface area (Å²) < 4.78 is 0. The molecule has 0 radical (unpaired) electrons. The lowest BCUT2D eigenvalue weighted by Gasteiger charge is -2.26. The average molecular weight is 718 g/mol. The molecule has 0 aliphatic carbocycles. The average Bonchev–Trinajstić information content (AvgIpc) is 3.26. The molecule has 8 aromatic rings. The van der Waals surface area contributed by atoms with Gasteiger partial charge in [-0.25, -0.2) is 0 Å². The van der Waals surface area contributed by atoms with Crippen LogP contribution in [0.2, 0.25) is 0 Å². The zero-order valence-electron chi connectivity index (χ0n) is 31.6. The lowest BCUT2D eigenvalue weighted by Crippen LogP contribution is -2.09. The fourth-order valence-electron chi connectivity index (χ4n) is 7.25. The van der Waals surface area contributed by atoms with Crippen molar-refractivity contribution in [3.8, 4) is 22.3 Å². The molecule has 0 spiro atoms. The number of hydrogen-bond acceptors (Lipinski definition) is 1. The predicted molar refractivity (Wildman–Crippen MR) is 245 cm³/mol. The quantitative estimate of drug-likeness (QED) is 0.120. The summed E-state index contributed by atoms with van der Waals surface area (Å²) in [6, 6.07) is 65.2. The third-order valence-electron chi connectivity index (χ3n) is 10.4. The summed E-state index contributed by atoms with van der Waals surface area (Å²) in [6.45, 7) is 10.1. The molecule has 8 aromatic carbocycles. The molecule has 0 aromatic heterocycles. The van der Waals surface area contributed by atoms with Gasteiger partial charge in [-0.2, -0.15) is 0 Å². The molecule has 0 aliphatic rings. The Morgan fingerprint density at radius 2 is 0.804 bits per heavy atom.